The molecular formula is C21H24N4O4S. The van der Waals surface area contributed by atoms with Gasteiger partial charge in [0.25, 0.3) is 0 Å². The lowest BCUT2D eigenvalue weighted by molar-refractivity contribution is -0.113. The van der Waals surface area contributed by atoms with Crippen molar-refractivity contribution >= 4 is 23.4 Å². The number of thioether (sulfide) groups is 1. The number of ether oxygens (including phenoxy) is 3. The molecule has 0 atom stereocenters. The third-order valence-corrected chi connectivity index (χ3v) is 5.19. The highest BCUT2D eigenvalue weighted by Gasteiger charge is 2.14. The summed E-state index contributed by atoms with van der Waals surface area (Å²) in [5.74, 6) is 2.96. The molecule has 0 aliphatic heterocycles. The summed E-state index contributed by atoms with van der Waals surface area (Å²) < 4.78 is 18.0. The Morgan fingerprint density at radius 1 is 1.03 bits per heavy atom. The van der Waals surface area contributed by atoms with Gasteiger partial charge in [0.15, 0.2) is 11.0 Å². The zero-order valence-electron chi connectivity index (χ0n) is 17.1. The van der Waals surface area contributed by atoms with Crippen molar-refractivity contribution in [3.05, 3.63) is 54.4 Å². The van der Waals surface area contributed by atoms with Gasteiger partial charge in [-0.2, -0.15) is 0 Å². The molecule has 0 spiro atoms. The zero-order valence-corrected chi connectivity index (χ0v) is 17.9. The molecular weight excluding hydrogens is 404 g/mol. The summed E-state index contributed by atoms with van der Waals surface area (Å²) >= 11 is 1.33. The van der Waals surface area contributed by atoms with Crippen LogP contribution in [-0.2, 0) is 17.9 Å². The van der Waals surface area contributed by atoms with Gasteiger partial charge in [-0.3, -0.25) is 4.79 Å². The summed E-state index contributed by atoms with van der Waals surface area (Å²) in [4.78, 5) is 12.3. The van der Waals surface area contributed by atoms with Crippen molar-refractivity contribution in [3.8, 4) is 17.2 Å². The highest BCUT2D eigenvalue weighted by Crippen LogP contribution is 2.21. The fourth-order valence-corrected chi connectivity index (χ4v) is 3.52. The number of hydrogen-bond donors (Lipinski definition) is 1. The third kappa shape index (κ3) is 5.66. The molecule has 1 aromatic heterocycles. The van der Waals surface area contributed by atoms with Gasteiger partial charge in [0, 0.05) is 18.3 Å². The molecule has 1 amide bonds. The van der Waals surface area contributed by atoms with Gasteiger partial charge in [0.1, 0.15) is 23.9 Å². The molecule has 0 aliphatic rings. The highest BCUT2D eigenvalue weighted by molar-refractivity contribution is 7.99. The summed E-state index contributed by atoms with van der Waals surface area (Å²) in [6, 6.07) is 14.6. The van der Waals surface area contributed by atoms with Gasteiger partial charge in [-0.1, -0.05) is 17.8 Å². The average Bonchev–Trinajstić information content (AvgIpc) is 3.18. The summed E-state index contributed by atoms with van der Waals surface area (Å²) in [5.41, 5.74) is 0.686. The first kappa shape index (κ1) is 21.5. The van der Waals surface area contributed by atoms with Crippen molar-refractivity contribution in [1.82, 2.24) is 14.8 Å². The lowest BCUT2D eigenvalue weighted by Gasteiger charge is -2.10. The predicted molar refractivity (Wildman–Crippen MR) is 115 cm³/mol. The monoisotopic (exact) mass is 428 g/mol. The lowest BCUT2D eigenvalue weighted by atomic mass is 10.3. The SMILES string of the molecule is CCn1c(COc2ccc(OC)cc2)nnc1SCC(=O)Nc1cccc(OC)c1. The molecule has 3 aromatic rings. The second kappa shape index (κ2) is 10.5. The molecule has 2 aromatic carbocycles. The molecule has 1 heterocycles. The third-order valence-electron chi connectivity index (χ3n) is 4.22. The van der Waals surface area contributed by atoms with Crippen molar-refractivity contribution in [1.29, 1.82) is 0 Å². The number of aromatic nitrogens is 3. The smallest absolute Gasteiger partial charge is 0.234 e. The standard InChI is InChI=1S/C21H24N4O4S/c1-4-25-19(13-29-17-10-8-16(27-2)9-11-17)23-24-21(25)30-14-20(26)22-15-6-5-7-18(12-15)28-3/h5-12H,4,13-14H2,1-3H3,(H,22,26). The largest absolute Gasteiger partial charge is 0.497 e. The fraction of sp³-hybridized carbons (Fsp3) is 0.286. The van der Waals surface area contributed by atoms with Crippen LogP contribution in [0.25, 0.3) is 0 Å². The molecule has 1 N–H and O–H groups in total. The molecule has 0 unspecified atom stereocenters. The van der Waals surface area contributed by atoms with E-state index < -0.39 is 0 Å². The van der Waals surface area contributed by atoms with E-state index in [1.807, 2.05) is 54.0 Å². The van der Waals surface area contributed by atoms with E-state index in [0.717, 1.165) is 5.75 Å². The number of carbonyl (C=O) groups is 1. The summed E-state index contributed by atoms with van der Waals surface area (Å²) in [6.45, 7) is 2.96. The predicted octanol–water partition coefficient (Wildman–Crippen LogP) is 3.63. The van der Waals surface area contributed by atoms with E-state index in [-0.39, 0.29) is 18.3 Å². The molecule has 0 aliphatic carbocycles. The maximum absolute atomic E-state index is 12.3. The number of carbonyl (C=O) groups excluding carboxylic acids is 1. The Morgan fingerprint density at radius 2 is 1.77 bits per heavy atom. The molecule has 9 heteroatoms. The Balaban J connectivity index is 1.55. The van der Waals surface area contributed by atoms with E-state index in [9.17, 15) is 4.79 Å². The van der Waals surface area contributed by atoms with Crippen LogP contribution in [0.3, 0.4) is 0 Å². The topological polar surface area (TPSA) is 87.5 Å². The number of hydrogen-bond acceptors (Lipinski definition) is 7. The van der Waals surface area contributed by atoms with Crippen molar-refractivity contribution in [2.24, 2.45) is 0 Å². The number of anilines is 1. The van der Waals surface area contributed by atoms with Gasteiger partial charge in [-0.15, -0.1) is 10.2 Å². The maximum atomic E-state index is 12.3. The van der Waals surface area contributed by atoms with Gasteiger partial charge in [-0.05, 0) is 43.3 Å². The van der Waals surface area contributed by atoms with E-state index in [2.05, 4.69) is 15.5 Å². The van der Waals surface area contributed by atoms with Crippen LogP contribution in [0.5, 0.6) is 17.2 Å². The Bertz CT molecular complexity index is 975. The van der Waals surface area contributed by atoms with E-state index in [4.69, 9.17) is 14.2 Å². The number of nitrogens with one attached hydrogen (secondary N) is 1. The van der Waals surface area contributed by atoms with Gasteiger partial charge < -0.3 is 24.1 Å². The normalized spacial score (nSPS) is 10.5. The number of methoxy groups -OCH3 is 2. The molecule has 30 heavy (non-hydrogen) atoms. The number of rotatable bonds is 10. The van der Waals surface area contributed by atoms with E-state index in [1.165, 1.54) is 11.8 Å². The molecule has 0 bridgehead atoms. The first-order valence-electron chi connectivity index (χ1n) is 9.38. The Morgan fingerprint density at radius 3 is 2.47 bits per heavy atom. The first-order chi connectivity index (χ1) is 14.6. The van der Waals surface area contributed by atoms with E-state index in [0.29, 0.717) is 34.7 Å². The lowest BCUT2D eigenvalue weighted by Crippen LogP contribution is -2.15. The van der Waals surface area contributed by atoms with Gasteiger partial charge in [0.05, 0.1) is 20.0 Å². The number of benzene rings is 2. The van der Waals surface area contributed by atoms with E-state index in [1.54, 1.807) is 20.3 Å². The minimum atomic E-state index is -0.130. The highest BCUT2D eigenvalue weighted by atomic mass is 32.2. The second-order valence-electron chi connectivity index (χ2n) is 6.18. The molecule has 0 fully saturated rings. The molecule has 0 saturated heterocycles. The second-order valence-corrected chi connectivity index (χ2v) is 7.12. The van der Waals surface area contributed by atoms with Crippen LogP contribution in [0.4, 0.5) is 5.69 Å². The van der Waals surface area contributed by atoms with Crippen LogP contribution in [0.1, 0.15) is 12.7 Å². The molecule has 8 nitrogen and oxygen atoms in total. The van der Waals surface area contributed by atoms with Crippen molar-refractivity contribution in [2.75, 3.05) is 25.3 Å². The van der Waals surface area contributed by atoms with Crippen molar-refractivity contribution in [3.63, 3.8) is 0 Å². The van der Waals surface area contributed by atoms with Gasteiger partial charge in [0.2, 0.25) is 5.91 Å². The average molecular weight is 429 g/mol. The number of amides is 1. The quantitative estimate of drug-likeness (QED) is 0.494. The van der Waals surface area contributed by atoms with Crippen LogP contribution in [0.15, 0.2) is 53.7 Å². The van der Waals surface area contributed by atoms with Crippen molar-refractivity contribution < 1.29 is 19.0 Å². The number of nitrogens with zero attached hydrogens (tertiary/aromatic N) is 3. The summed E-state index contributed by atoms with van der Waals surface area (Å²) in [7, 11) is 3.21. The molecule has 3 rings (SSSR count). The zero-order chi connectivity index (χ0) is 21.3. The summed E-state index contributed by atoms with van der Waals surface area (Å²) in [6.07, 6.45) is 0. The first-order valence-corrected chi connectivity index (χ1v) is 10.4. The maximum Gasteiger partial charge on any atom is 0.234 e. The summed E-state index contributed by atoms with van der Waals surface area (Å²) in [5, 5.41) is 12.0. The minimum Gasteiger partial charge on any atom is -0.497 e. The Labute approximate surface area is 179 Å². The van der Waals surface area contributed by atoms with Gasteiger partial charge in [-0.25, -0.2) is 0 Å². The van der Waals surface area contributed by atoms with Crippen LogP contribution in [0.2, 0.25) is 0 Å². The molecule has 158 valence electrons. The molecule has 0 saturated carbocycles. The van der Waals surface area contributed by atoms with E-state index >= 15 is 0 Å². The Kier molecular flexibility index (Phi) is 7.56. The van der Waals surface area contributed by atoms with Crippen LogP contribution >= 0.6 is 11.8 Å². The van der Waals surface area contributed by atoms with Gasteiger partial charge >= 0.3 is 0 Å². The Hall–Kier alpha value is -3.20. The fourth-order valence-electron chi connectivity index (χ4n) is 2.70. The minimum absolute atomic E-state index is 0.130. The molecule has 0 radical (unpaired) electrons. The van der Waals surface area contributed by atoms with Crippen LogP contribution in [0, 0.1) is 0 Å². The van der Waals surface area contributed by atoms with Crippen molar-refractivity contribution in [2.45, 2.75) is 25.2 Å². The van der Waals surface area contributed by atoms with Crippen LogP contribution in [-0.4, -0.2) is 40.6 Å². The van der Waals surface area contributed by atoms with Crippen LogP contribution < -0.4 is 19.5 Å².